The van der Waals surface area contributed by atoms with Gasteiger partial charge in [0.05, 0.1) is 5.35 Å². The van der Waals surface area contributed by atoms with E-state index in [0.717, 1.165) is 61.4 Å². The van der Waals surface area contributed by atoms with Crippen LogP contribution in [0.5, 0.6) is 0 Å². The van der Waals surface area contributed by atoms with E-state index >= 15 is 0 Å². The van der Waals surface area contributed by atoms with Crippen molar-refractivity contribution in [3.8, 4) is 0 Å². The zero-order chi connectivity index (χ0) is 17.6. The average molecular weight is 341 g/mol. The highest BCUT2D eigenvalue weighted by Gasteiger charge is 2.20. The first kappa shape index (κ1) is 17.5. The molecule has 0 spiro atoms. The Balaban J connectivity index is 1.70. The zero-order valence-corrected chi connectivity index (χ0v) is 15.0. The second kappa shape index (κ2) is 8.14. The molecular formula is C19H27N5O. The summed E-state index contributed by atoms with van der Waals surface area (Å²) in [7, 11) is 4.02. The zero-order valence-electron chi connectivity index (χ0n) is 15.0. The van der Waals surface area contributed by atoms with Crippen molar-refractivity contribution in [3.63, 3.8) is 0 Å². The normalized spacial score (nSPS) is 22.0. The van der Waals surface area contributed by atoms with Gasteiger partial charge in [-0.05, 0) is 44.1 Å². The molecule has 1 amide bonds. The first-order chi connectivity index (χ1) is 12.2. The molecule has 2 aliphatic carbocycles. The lowest BCUT2D eigenvalue weighted by Gasteiger charge is -2.28. The molecule has 6 nitrogen and oxygen atoms in total. The van der Waals surface area contributed by atoms with Crippen molar-refractivity contribution < 1.29 is 4.79 Å². The number of amides is 1. The van der Waals surface area contributed by atoms with Crippen LogP contribution in [-0.4, -0.2) is 43.1 Å². The predicted octanol–water partition coefficient (Wildman–Crippen LogP) is 0.780. The molecule has 0 saturated heterocycles. The molecule has 2 N–H and O–H groups in total. The monoisotopic (exact) mass is 341 g/mol. The van der Waals surface area contributed by atoms with Gasteiger partial charge in [0.25, 0.3) is 0 Å². The average Bonchev–Trinajstić information content (AvgIpc) is 2.86. The van der Waals surface area contributed by atoms with E-state index in [9.17, 15) is 4.79 Å². The molecular weight excluding hydrogens is 314 g/mol. The molecule has 1 fully saturated rings. The highest BCUT2D eigenvalue weighted by molar-refractivity contribution is 5.54. The van der Waals surface area contributed by atoms with E-state index in [1.807, 2.05) is 19.0 Å². The first-order valence-corrected chi connectivity index (χ1v) is 9.03. The van der Waals surface area contributed by atoms with Crippen molar-refractivity contribution in [2.45, 2.75) is 38.1 Å². The lowest BCUT2D eigenvalue weighted by Crippen LogP contribution is -2.36. The highest BCUT2D eigenvalue weighted by Crippen LogP contribution is 2.24. The number of rotatable bonds is 6. The number of nitrogens with one attached hydrogen (secondary N) is 2. The van der Waals surface area contributed by atoms with Crippen LogP contribution in [0.1, 0.15) is 32.1 Å². The summed E-state index contributed by atoms with van der Waals surface area (Å²) in [4.78, 5) is 22.0. The number of allylic oxidation sites excluding steroid dienone is 2. The number of hydrogen-bond acceptors (Lipinski definition) is 5. The van der Waals surface area contributed by atoms with E-state index in [0.29, 0.717) is 17.9 Å². The Morgan fingerprint density at radius 3 is 2.76 bits per heavy atom. The third-order valence-electron chi connectivity index (χ3n) is 4.92. The number of anilines is 2. The number of nitrogens with zero attached hydrogens (tertiary/aromatic N) is 3. The molecule has 0 atom stereocenters. The fourth-order valence-corrected chi connectivity index (χ4v) is 3.50. The van der Waals surface area contributed by atoms with E-state index in [4.69, 9.17) is 9.97 Å². The lowest BCUT2D eigenvalue weighted by molar-refractivity contribution is -0.110. The molecule has 3 rings (SSSR count). The van der Waals surface area contributed by atoms with Crippen molar-refractivity contribution in [3.05, 3.63) is 22.7 Å². The van der Waals surface area contributed by atoms with Gasteiger partial charge in [-0.25, -0.2) is 4.98 Å². The molecule has 6 heteroatoms. The molecule has 1 heterocycles. The van der Waals surface area contributed by atoms with Crippen LogP contribution in [0, 0.1) is 5.92 Å². The molecule has 0 unspecified atom stereocenters. The number of carbonyl (C=O) groups is 1. The van der Waals surface area contributed by atoms with Crippen molar-refractivity contribution in [1.82, 2.24) is 15.3 Å². The van der Waals surface area contributed by atoms with Crippen LogP contribution in [0.2, 0.25) is 0 Å². The fourth-order valence-electron chi connectivity index (χ4n) is 3.50. The largest absolute Gasteiger partial charge is 0.362 e. The standard InChI is InChI=1S/C19H27N5O/c1-24(2)18-16-6-4-3-5-7-17(16)22-19(23-18)20-12-14-8-10-15(11-9-14)21-13-25/h3-4,6-7,13-15H,5,8-12H2,1-2H3,(H,20,22)(H,21,25). The third kappa shape index (κ3) is 4.38. The van der Waals surface area contributed by atoms with E-state index in [1.165, 1.54) is 0 Å². The van der Waals surface area contributed by atoms with Gasteiger partial charge in [-0.3, -0.25) is 4.79 Å². The number of aromatic nitrogens is 2. The topological polar surface area (TPSA) is 70.2 Å². The summed E-state index contributed by atoms with van der Waals surface area (Å²) in [6.45, 7) is 0.876. The van der Waals surface area contributed by atoms with Gasteiger partial charge >= 0.3 is 0 Å². The maximum Gasteiger partial charge on any atom is 0.225 e. The predicted molar refractivity (Wildman–Crippen MR) is 102 cm³/mol. The minimum atomic E-state index is 0.343. The van der Waals surface area contributed by atoms with Gasteiger partial charge in [-0.15, -0.1) is 0 Å². The van der Waals surface area contributed by atoms with Crippen LogP contribution in [0.4, 0.5) is 11.8 Å². The van der Waals surface area contributed by atoms with E-state index in [-0.39, 0.29) is 0 Å². The fraction of sp³-hybridized carbons (Fsp3) is 0.526. The van der Waals surface area contributed by atoms with E-state index in [2.05, 4.69) is 34.9 Å². The molecule has 134 valence electrons. The maximum absolute atomic E-state index is 10.5. The smallest absolute Gasteiger partial charge is 0.225 e. The second-order valence-electron chi connectivity index (χ2n) is 6.98. The van der Waals surface area contributed by atoms with Crippen LogP contribution in [0.25, 0.3) is 12.2 Å². The van der Waals surface area contributed by atoms with Crippen LogP contribution in [0.3, 0.4) is 0 Å². The Labute approximate surface area is 148 Å². The Morgan fingerprint density at radius 2 is 2.04 bits per heavy atom. The van der Waals surface area contributed by atoms with Crippen LogP contribution < -0.4 is 26.1 Å². The molecule has 1 aromatic rings. The van der Waals surface area contributed by atoms with Gasteiger partial charge in [0.15, 0.2) is 0 Å². The highest BCUT2D eigenvalue weighted by atomic mass is 16.1. The van der Waals surface area contributed by atoms with Crippen molar-refractivity contribution in [2.75, 3.05) is 30.9 Å². The molecule has 1 aromatic heterocycles. The molecule has 1 saturated carbocycles. The van der Waals surface area contributed by atoms with Gasteiger partial charge < -0.3 is 15.5 Å². The molecule has 0 bridgehead atoms. The quantitative estimate of drug-likeness (QED) is 0.749. The van der Waals surface area contributed by atoms with Crippen LogP contribution >= 0.6 is 0 Å². The Kier molecular flexibility index (Phi) is 5.68. The maximum atomic E-state index is 10.5. The van der Waals surface area contributed by atoms with Crippen LogP contribution in [-0.2, 0) is 4.79 Å². The second-order valence-corrected chi connectivity index (χ2v) is 6.98. The van der Waals surface area contributed by atoms with Crippen molar-refractivity contribution in [1.29, 1.82) is 0 Å². The molecule has 2 aliphatic rings. The van der Waals surface area contributed by atoms with Gasteiger partial charge in [-0.2, -0.15) is 4.98 Å². The summed E-state index contributed by atoms with van der Waals surface area (Å²) in [5.74, 6) is 2.24. The van der Waals surface area contributed by atoms with Gasteiger partial charge in [0.1, 0.15) is 5.82 Å². The Hall–Kier alpha value is -2.37. The summed E-state index contributed by atoms with van der Waals surface area (Å²) in [6.07, 6.45) is 14.5. The first-order valence-electron chi connectivity index (χ1n) is 9.03. The lowest BCUT2D eigenvalue weighted by atomic mass is 9.86. The minimum Gasteiger partial charge on any atom is -0.362 e. The molecule has 0 aliphatic heterocycles. The summed E-state index contributed by atoms with van der Waals surface area (Å²) in [5, 5.41) is 8.39. The van der Waals surface area contributed by atoms with Crippen molar-refractivity contribution in [2.24, 2.45) is 5.92 Å². The Morgan fingerprint density at radius 1 is 1.24 bits per heavy atom. The number of hydrogen-bond donors (Lipinski definition) is 2. The third-order valence-corrected chi connectivity index (χ3v) is 4.92. The summed E-state index contributed by atoms with van der Waals surface area (Å²) >= 11 is 0. The summed E-state index contributed by atoms with van der Waals surface area (Å²) in [5.41, 5.74) is 0. The van der Waals surface area contributed by atoms with Gasteiger partial charge in [0, 0.05) is 31.9 Å². The molecule has 25 heavy (non-hydrogen) atoms. The number of carbonyl (C=O) groups excluding carboxylic acids is 1. The van der Waals surface area contributed by atoms with Gasteiger partial charge in [-0.1, -0.05) is 18.2 Å². The molecule has 0 radical (unpaired) electrons. The Bertz CT molecular complexity index is 748. The van der Waals surface area contributed by atoms with Crippen molar-refractivity contribution >= 4 is 30.3 Å². The molecule has 0 aromatic carbocycles. The van der Waals surface area contributed by atoms with Crippen LogP contribution in [0.15, 0.2) is 12.2 Å². The van der Waals surface area contributed by atoms with Gasteiger partial charge in [0.2, 0.25) is 12.4 Å². The number of fused-ring (bicyclic) bond motifs is 1. The van der Waals surface area contributed by atoms with E-state index in [1.54, 1.807) is 0 Å². The summed E-state index contributed by atoms with van der Waals surface area (Å²) < 4.78 is 0. The summed E-state index contributed by atoms with van der Waals surface area (Å²) in [6, 6.07) is 0.343. The van der Waals surface area contributed by atoms with E-state index < -0.39 is 0 Å². The SMILES string of the molecule is CN(C)c1nc(NCC2CCC(NC=O)CC2)nc2c1=CC=CCC=2. The minimum absolute atomic E-state index is 0.343.